The number of nitrogens with one attached hydrogen (secondary N) is 3. The van der Waals surface area contributed by atoms with Gasteiger partial charge in [0, 0.05) is 36.1 Å². The second kappa shape index (κ2) is 10.9. The van der Waals surface area contributed by atoms with E-state index < -0.39 is 0 Å². The van der Waals surface area contributed by atoms with E-state index in [1.54, 1.807) is 18.1 Å². The Morgan fingerprint density at radius 2 is 1.72 bits per heavy atom. The monoisotopic (exact) mass is 537 g/mol. The van der Waals surface area contributed by atoms with E-state index in [0.29, 0.717) is 28.7 Å². The van der Waals surface area contributed by atoms with Crippen molar-refractivity contribution in [2.24, 2.45) is 0 Å². The summed E-state index contributed by atoms with van der Waals surface area (Å²) in [7, 11) is 3.64. The average molecular weight is 538 g/mol. The van der Waals surface area contributed by atoms with Crippen LogP contribution in [-0.2, 0) is 4.79 Å². The molecule has 9 nitrogen and oxygen atoms in total. The molecule has 3 aromatic carbocycles. The van der Waals surface area contributed by atoms with Gasteiger partial charge in [-0.2, -0.15) is 4.98 Å². The summed E-state index contributed by atoms with van der Waals surface area (Å²) in [6, 6.07) is 21.1. The molecule has 1 aliphatic heterocycles. The Morgan fingerprint density at radius 3 is 2.49 bits per heavy atom. The van der Waals surface area contributed by atoms with Crippen LogP contribution in [0.2, 0.25) is 0 Å². The third kappa shape index (κ3) is 5.55. The number of carbonyl (C=O) groups is 2. The minimum absolute atomic E-state index is 0.100. The number of nitrogens with zero attached hydrogens (tertiary/aromatic N) is 4. The van der Waals surface area contributed by atoms with Crippen LogP contribution in [0.1, 0.15) is 15.9 Å². The molecular formula is C29H27N7O2S. The molecule has 5 rings (SSSR count). The lowest BCUT2D eigenvalue weighted by molar-refractivity contribution is -0.111. The average Bonchev–Trinajstić information content (AvgIpc) is 3.02. The number of aryl methyl sites for hydroxylation is 1. The number of hydrogen-bond donors (Lipinski definition) is 3. The van der Waals surface area contributed by atoms with Crippen LogP contribution in [0.15, 0.2) is 90.5 Å². The second-order valence-corrected chi connectivity index (χ2v) is 9.85. The SMILES string of the molecule is C=CC(=O)Nc1ccc(NSc2cccc(Nc3ncc4c(n3)N(C)c3ccc(C)cc3C(=O)N4C)c2)cc1. The van der Waals surface area contributed by atoms with E-state index in [1.165, 1.54) is 18.0 Å². The van der Waals surface area contributed by atoms with Crippen LogP contribution >= 0.6 is 11.9 Å². The van der Waals surface area contributed by atoms with Crippen molar-refractivity contribution >= 4 is 64.0 Å². The molecule has 2 heterocycles. The number of hydrogen-bond acceptors (Lipinski definition) is 8. The Hall–Kier alpha value is -4.83. The minimum Gasteiger partial charge on any atom is -0.327 e. The molecule has 2 amide bonds. The maximum absolute atomic E-state index is 13.1. The van der Waals surface area contributed by atoms with Crippen LogP contribution in [0.3, 0.4) is 0 Å². The third-order valence-electron chi connectivity index (χ3n) is 6.19. The number of aromatic nitrogens is 2. The number of carbonyl (C=O) groups excluding carboxylic acids is 2. The zero-order valence-electron chi connectivity index (χ0n) is 21.7. The van der Waals surface area contributed by atoms with Gasteiger partial charge in [0.2, 0.25) is 11.9 Å². The molecule has 10 heteroatoms. The van der Waals surface area contributed by atoms with Gasteiger partial charge in [-0.15, -0.1) is 0 Å². The van der Waals surface area contributed by atoms with E-state index in [1.807, 2.05) is 85.6 Å². The number of anilines is 7. The van der Waals surface area contributed by atoms with Crippen LogP contribution in [-0.4, -0.2) is 35.9 Å². The highest BCUT2D eigenvalue weighted by molar-refractivity contribution is 8.00. The van der Waals surface area contributed by atoms with Crippen molar-refractivity contribution in [3.63, 3.8) is 0 Å². The van der Waals surface area contributed by atoms with Crippen LogP contribution < -0.4 is 25.2 Å². The molecular weight excluding hydrogens is 510 g/mol. The van der Waals surface area contributed by atoms with Gasteiger partial charge in [0.1, 0.15) is 5.69 Å². The van der Waals surface area contributed by atoms with Gasteiger partial charge in [-0.1, -0.05) is 24.3 Å². The molecule has 39 heavy (non-hydrogen) atoms. The number of amides is 2. The van der Waals surface area contributed by atoms with Crippen molar-refractivity contribution in [1.82, 2.24) is 9.97 Å². The highest BCUT2D eigenvalue weighted by atomic mass is 32.2. The summed E-state index contributed by atoms with van der Waals surface area (Å²) in [5.41, 5.74) is 5.47. The third-order valence-corrected chi connectivity index (χ3v) is 7.02. The van der Waals surface area contributed by atoms with Gasteiger partial charge in [0.05, 0.1) is 17.4 Å². The fourth-order valence-electron chi connectivity index (χ4n) is 4.13. The lowest BCUT2D eigenvalue weighted by Gasteiger charge is -2.21. The van der Waals surface area contributed by atoms with Crippen molar-refractivity contribution in [2.75, 3.05) is 39.3 Å². The Kier molecular flexibility index (Phi) is 7.20. The van der Waals surface area contributed by atoms with Crippen molar-refractivity contribution in [3.05, 3.63) is 96.7 Å². The zero-order valence-corrected chi connectivity index (χ0v) is 22.5. The van der Waals surface area contributed by atoms with Crippen LogP contribution in [0.4, 0.5) is 40.2 Å². The summed E-state index contributed by atoms with van der Waals surface area (Å²) in [5.74, 6) is 0.701. The number of rotatable bonds is 7. The topological polar surface area (TPSA) is 102 Å². The lowest BCUT2D eigenvalue weighted by Crippen LogP contribution is -2.25. The van der Waals surface area contributed by atoms with Gasteiger partial charge >= 0.3 is 0 Å². The largest absolute Gasteiger partial charge is 0.327 e. The van der Waals surface area contributed by atoms with Gasteiger partial charge in [-0.3, -0.25) is 9.59 Å². The Morgan fingerprint density at radius 1 is 0.949 bits per heavy atom. The first-order valence-electron chi connectivity index (χ1n) is 12.2. The predicted molar refractivity (Wildman–Crippen MR) is 158 cm³/mol. The van der Waals surface area contributed by atoms with Crippen molar-refractivity contribution < 1.29 is 9.59 Å². The van der Waals surface area contributed by atoms with E-state index in [-0.39, 0.29) is 11.8 Å². The highest BCUT2D eigenvalue weighted by Crippen LogP contribution is 2.38. The van der Waals surface area contributed by atoms with Gasteiger partial charge in [-0.05, 0) is 79.5 Å². The van der Waals surface area contributed by atoms with E-state index in [4.69, 9.17) is 4.98 Å². The molecule has 4 aromatic rings. The van der Waals surface area contributed by atoms with E-state index >= 15 is 0 Å². The molecule has 0 saturated heterocycles. The summed E-state index contributed by atoms with van der Waals surface area (Å²) in [5, 5.41) is 6.01. The van der Waals surface area contributed by atoms with Gasteiger partial charge in [0.15, 0.2) is 5.82 Å². The summed E-state index contributed by atoms with van der Waals surface area (Å²) in [4.78, 5) is 38.3. The molecule has 3 N–H and O–H groups in total. The quantitative estimate of drug-likeness (QED) is 0.191. The normalized spacial score (nSPS) is 12.2. The molecule has 0 aliphatic carbocycles. The Bertz CT molecular complexity index is 1570. The molecule has 196 valence electrons. The maximum Gasteiger partial charge on any atom is 0.260 e. The zero-order chi connectivity index (χ0) is 27.5. The molecule has 0 fully saturated rings. The molecule has 0 bridgehead atoms. The lowest BCUT2D eigenvalue weighted by atomic mass is 10.1. The first-order chi connectivity index (χ1) is 18.8. The summed E-state index contributed by atoms with van der Waals surface area (Å²) in [6.07, 6.45) is 2.90. The first-order valence-corrected chi connectivity index (χ1v) is 13.0. The predicted octanol–water partition coefficient (Wildman–Crippen LogP) is 6.13. The standard InChI is InChI=1S/C29H27N7O2S/c1-5-26(37)31-19-10-12-20(13-11-19)34-39-22-8-6-7-21(16-22)32-29-30-17-25-27(33-29)35(3)24-14-9-18(2)15-23(24)28(38)36(25)4/h5-17,34H,1H2,2-4H3,(H,31,37)(H,30,32,33). The van der Waals surface area contributed by atoms with Crippen LogP contribution in [0.25, 0.3) is 0 Å². The number of fused-ring (bicyclic) bond motifs is 2. The van der Waals surface area contributed by atoms with Crippen LogP contribution in [0, 0.1) is 6.92 Å². The van der Waals surface area contributed by atoms with E-state index in [0.717, 1.165) is 27.5 Å². The van der Waals surface area contributed by atoms with Crippen molar-refractivity contribution in [3.8, 4) is 0 Å². The van der Waals surface area contributed by atoms with Gasteiger partial charge in [0.25, 0.3) is 5.91 Å². The van der Waals surface area contributed by atoms with Gasteiger partial charge in [-0.25, -0.2) is 4.98 Å². The van der Waals surface area contributed by atoms with Crippen LogP contribution in [0.5, 0.6) is 0 Å². The summed E-state index contributed by atoms with van der Waals surface area (Å²) in [6.45, 7) is 5.43. The smallest absolute Gasteiger partial charge is 0.260 e. The molecule has 0 unspecified atom stereocenters. The molecule has 1 aromatic heterocycles. The van der Waals surface area contributed by atoms with Crippen molar-refractivity contribution in [2.45, 2.75) is 11.8 Å². The van der Waals surface area contributed by atoms with E-state index in [9.17, 15) is 9.59 Å². The fraction of sp³-hybridized carbons (Fsp3) is 0.103. The van der Waals surface area contributed by atoms with Crippen molar-refractivity contribution in [1.29, 1.82) is 0 Å². The second-order valence-electron chi connectivity index (χ2n) is 8.97. The Labute approximate surface area is 231 Å². The fourth-order valence-corrected chi connectivity index (χ4v) is 4.83. The summed E-state index contributed by atoms with van der Waals surface area (Å²) >= 11 is 1.46. The molecule has 1 aliphatic rings. The number of benzene rings is 3. The molecule has 0 saturated carbocycles. The van der Waals surface area contributed by atoms with E-state index in [2.05, 4.69) is 26.9 Å². The first kappa shape index (κ1) is 25.8. The van der Waals surface area contributed by atoms with Gasteiger partial charge < -0.3 is 25.2 Å². The molecule has 0 atom stereocenters. The Balaban J connectivity index is 1.31. The minimum atomic E-state index is -0.250. The summed E-state index contributed by atoms with van der Waals surface area (Å²) < 4.78 is 3.30. The maximum atomic E-state index is 13.1. The molecule has 0 spiro atoms. The highest BCUT2D eigenvalue weighted by Gasteiger charge is 2.29. The molecule has 0 radical (unpaired) electrons.